The second-order valence-corrected chi connectivity index (χ2v) is 8.82. The summed E-state index contributed by atoms with van der Waals surface area (Å²) >= 11 is 1.67. The van der Waals surface area contributed by atoms with E-state index in [1.54, 1.807) is 23.5 Å². The Morgan fingerprint density at radius 3 is 2.55 bits per heavy atom. The number of hydrogen-bond acceptors (Lipinski definition) is 8. The van der Waals surface area contributed by atoms with Crippen molar-refractivity contribution in [3.05, 3.63) is 39.4 Å². The van der Waals surface area contributed by atoms with Gasteiger partial charge in [-0.3, -0.25) is 4.79 Å². The van der Waals surface area contributed by atoms with Gasteiger partial charge >= 0.3 is 5.69 Å². The summed E-state index contributed by atoms with van der Waals surface area (Å²) in [4.78, 5) is 32.4. The van der Waals surface area contributed by atoms with Crippen LogP contribution in [0.3, 0.4) is 0 Å². The Kier molecular flexibility index (Phi) is 5.41. The van der Waals surface area contributed by atoms with E-state index < -0.39 is 11.6 Å². The summed E-state index contributed by atoms with van der Waals surface area (Å²) in [5.41, 5.74) is 1.82. The van der Waals surface area contributed by atoms with E-state index in [0.29, 0.717) is 28.6 Å². The molecule has 1 amide bonds. The molecule has 1 aliphatic rings. The van der Waals surface area contributed by atoms with Gasteiger partial charge in [-0.05, 0) is 31.2 Å². The number of anilines is 1. The number of thiophene rings is 1. The molecular formula is C22H23N5O5S. The van der Waals surface area contributed by atoms with Crippen LogP contribution in [0.15, 0.2) is 23.3 Å². The lowest BCUT2D eigenvalue weighted by Gasteiger charge is -2.14. The minimum absolute atomic E-state index is 0.245. The number of rotatable bonds is 6. The normalized spacial score (nSPS) is 13.2. The zero-order chi connectivity index (χ0) is 23.1. The molecule has 10 nitrogen and oxygen atoms in total. The summed E-state index contributed by atoms with van der Waals surface area (Å²) in [6.45, 7) is -0.245. The van der Waals surface area contributed by atoms with Crippen molar-refractivity contribution in [2.75, 3.05) is 26.6 Å². The molecule has 33 heavy (non-hydrogen) atoms. The zero-order valence-electron chi connectivity index (χ0n) is 18.5. The fourth-order valence-corrected chi connectivity index (χ4v) is 5.49. The summed E-state index contributed by atoms with van der Waals surface area (Å²) in [5.74, 6) is 0.831. The molecule has 11 heteroatoms. The SMILES string of the molecule is COc1cc(NC(=O)Cn2nc3c4c5c(sc4ncn3c2=O)CCCC5)cc(OC)c1OC. The number of benzene rings is 1. The minimum atomic E-state index is -0.411. The number of amides is 1. The van der Waals surface area contributed by atoms with Gasteiger partial charge < -0.3 is 19.5 Å². The molecule has 0 bridgehead atoms. The molecule has 5 rings (SSSR count). The maximum Gasteiger partial charge on any atom is 0.352 e. The Balaban J connectivity index is 1.47. The number of nitrogens with zero attached hydrogens (tertiary/aromatic N) is 4. The van der Waals surface area contributed by atoms with Gasteiger partial charge in [-0.2, -0.15) is 0 Å². The number of fused-ring (bicyclic) bond motifs is 5. The van der Waals surface area contributed by atoms with Gasteiger partial charge in [0.1, 0.15) is 17.7 Å². The van der Waals surface area contributed by atoms with Gasteiger partial charge in [0.25, 0.3) is 0 Å². The highest BCUT2D eigenvalue weighted by molar-refractivity contribution is 7.19. The van der Waals surface area contributed by atoms with Crippen molar-refractivity contribution in [1.29, 1.82) is 0 Å². The van der Waals surface area contributed by atoms with Crippen LogP contribution in [0.5, 0.6) is 17.2 Å². The number of methoxy groups -OCH3 is 3. The molecule has 3 aromatic heterocycles. The van der Waals surface area contributed by atoms with E-state index in [9.17, 15) is 9.59 Å². The van der Waals surface area contributed by atoms with Crippen LogP contribution in [0.4, 0.5) is 5.69 Å². The topological polar surface area (TPSA) is 109 Å². The number of hydrogen-bond donors (Lipinski definition) is 1. The van der Waals surface area contributed by atoms with E-state index in [1.807, 2.05) is 0 Å². The standard InChI is InChI=1S/C22H23N5O5S/c1-30-14-8-12(9-15(31-2)19(14)32-3)24-17(28)10-27-22(29)26-11-23-21-18(20(26)25-27)13-6-4-5-7-16(13)33-21/h8-9,11H,4-7,10H2,1-3H3,(H,24,28). The zero-order valence-corrected chi connectivity index (χ0v) is 19.3. The monoisotopic (exact) mass is 469 g/mol. The van der Waals surface area contributed by atoms with Gasteiger partial charge in [-0.15, -0.1) is 16.4 Å². The Morgan fingerprint density at radius 1 is 1.12 bits per heavy atom. The van der Waals surface area contributed by atoms with Crippen LogP contribution in [-0.2, 0) is 24.2 Å². The fourth-order valence-electron chi connectivity index (χ4n) is 4.27. The highest BCUT2D eigenvalue weighted by Gasteiger charge is 2.22. The van der Waals surface area contributed by atoms with Crippen LogP contribution in [0.2, 0.25) is 0 Å². The summed E-state index contributed by atoms with van der Waals surface area (Å²) in [6.07, 6.45) is 5.76. The third-order valence-corrected chi connectivity index (χ3v) is 6.98. The van der Waals surface area contributed by atoms with Crippen molar-refractivity contribution in [1.82, 2.24) is 19.2 Å². The maximum absolute atomic E-state index is 12.9. The second-order valence-electron chi connectivity index (χ2n) is 7.73. The summed E-state index contributed by atoms with van der Waals surface area (Å²) in [7, 11) is 4.50. The summed E-state index contributed by atoms with van der Waals surface area (Å²) in [6, 6.07) is 3.24. The highest BCUT2D eigenvalue weighted by atomic mass is 32.1. The van der Waals surface area contributed by atoms with Crippen molar-refractivity contribution in [2.45, 2.75) is 32.2 Å². The smallest absolute Gasteiger partial charge is 0.352 e. The first kappa shape index (κ1) is 21.3. The molecule has 0 saturated heterocycles. The molecule has 172 valence electrons. The van der Waals surface area contributed by atoms with E-state index in [-0.39, 0.29) is 6.54 Å². The minimum Gasteiger partial charge on any atom is -0.493 e. The Labute approximate surface area is 192 Å². The molecule has 3 heterocycles. The summed E-state index contributed by atoms with van der Waals surface area (Å²) in [5, 5.41) is 8.20. The van der Waals surface area contributed by atoms with Crippen LogP contribution in [-0.4, -0.2) is 46.4 Å². The van der Waals surface area contributed by atoms with Crippen molar-refractivity contribution >= 4 is 38.8 Å². The lowest BCUT2D eigenvalue weighted by molar-refractivity contribution is -0.117. The molecule has 0 saturated carbocycles. The Morgan fingerprint density at radius 2 is 1.85 bits per heavy atom. The first-order valence-corrected chi connectivity index (χ1v) is 11.3. The van der Waals surface area contributed by atoms with E-state index in [2.05, 4.69) is 15.4 Å². The van der Waals surface area contributed by atoms with Gasteiger partial charge in [0.2, 0.25) is 11.7 Å². The summed E-state index contributed by atoms with van der Waals surface area (Å²) < 4.78 is 18.5. The third kappa shape index (κ3) is 3.58. The molecule has 1 aromatic carbocycles. The Hall–Kier alpha value is -3.60. The molecule has 0 spiro atoms. The van der Waals surface area contributed by atoms with Crippen molar-refractivity contribution in [3.63, 3.8) is 0 Å². The van der Waals surface area contributed by atoms with Gasteiger partial charge in [0.15, 0.2) is 17.1 Å². The predicted octanol–water partition coefficient (Wildman–Crippen LogP) is 2.65. The van der Waals surface area contributed by atoms with Crippen LogP contribution in [0.25, 0.3) is 15.9 Å². The molecule has 1 aliphatic carbocycles. The van der Waals surface area contributed by atoms with Crippen molar-refractivity contribution < 1.29 is 19.0 Å². The Bertz CT molecular complexity index is 1410. The number of aromatic nitrogens is 4. The van der Waals surface area contributed by atoms with E-state index in [1.165, 1.54) is 48.9 Å². The quantitative estimate of drug-likeness (QED) is 0.462. The molecule has 0 fully saturated rings. The van der Waals surface area contributed by atoms with Gasteiger partial charge in [-0.25, -0.2) is 18.9 Å². The van der Waals surface area contributed by atoms with E-state index in [0.717, 1.165) is 34.2 Å². The molecule has 0 radical (unpaired) electrons. The first-order valence-electron chi connectivity index (χ1n) is 10.5. The largest absolute Gasteiger partial charge is 0.493 e. The van der Waals surface area contributed by atoms with Crippen LogP contribution < -0.4 is 25.2 Å². The third-order valence-electron chi connectivity index (χ3n) is 5.78. The molecule has 4 aromatic rings. The molecule has 0 unspecified atom stereocenters. The fraction of sp³-hybridized carbons (Fsp3) is 0.364. The number of ether oxygens (including phenoxy) is 3. The lowest BCUT2D eigenvalue weighted by atomic mass is 9.97. The molecule has 0 aliphatic heterocycles. The van der Waals surface area contributed by atoms with Crippen LogP contribution in [0.1, 0.15) is 23.3 Å². The van der Waals surface area contributed by atoms with Gasteiger partial charge in [-0.1, -0.05) is 0 Å². The van der Waals surface area contributed by atoms with Crippen molar-refractivity contribution in [2.24, 2.45) is 0 Å². The van der Waals surface area contributed by atoms with Crippen molar-refractivity contribution in [3.8, 4) is 17.2 Å². The second kappa shape index (κ2) is 8.39. The predicted molar refractivity (Wildman–Crippen MR) is 124 cm³/mol. The highest BCUT2D eigenvalue weighted by Crippen LogP contribution is 2.40. The number of aryl methyl sites for hydroxylation is 2. The van der Waals surface area contributed by atoms with Crippen LogP contribution in [0, 0.1) is 0 Å². The maximum atomic E-state index is 12.9. The van der Waals surface area contributed by atoms with Gasteiger partial charge in [0.05, 0.1) is 26.7 Å². The average Bonchev–Trinajstić information content (AvgIpc) is 3.35. The number of carbonyl (C=O) groups excluding carboxylic acids is 1. The average molecular weight is 470 g/mol. The molecular weight excluding hydrogens is 446 g/mol. The van der Waals surface area contributed by atoms with Gasteiger partial charge in [0, 0.05) is 22.7 Å². The molecule has 1 N–H and O–H groups in total. The lowest BCUT2D eigenvalue weighted by Crippen LogP contribution is -2.28. The number of nitrogens with one attached hydrogen (secondary N) is 1. The van der Waals surface area contributed by atoms with E-state index >= 15 is 0 Å². The first-order chi connectivity index (χ1) is 16.0. The van der Waals surface area contributed by atoms with E-state index in [4.69, 9.17) is 14.2 Å². The molecule has 0 atom stereocenters. The van der Waals surface area contributed by atoms with Crippen LogP contribution >= 0.6 is 11.3 Å². The number of carbonyl (C=O) groups is 1.